The number of nitrogens with zero attached hydrogens (tertiary/aromatic N) is 3. The summed E-state index contributed by atoms with van der Waals surface area (Å²) in [5, 5.41) is 2.69. The number of H-pyrrole nitrogens is 1. The van der Waals surface area contributed by atoms with Gasteiger partial charge in [-0.3, -0.25) is 10.2 Å². The number of hydrazine groups is 1. The Morgan fingerprint density at radius 2 is 2.19 bits per heavy atom. The number of ketones is 1. The van der Waals surface area contributed by atoms with E-state index in [0.717, 1.165) is 10.9 Å². The van der Waals surface area contributed by atoms with E-state index in [0.29, 0.717) is 38.5 Å². The molecule has 2 aliphatic heterocycles. The lowest BCUT2D eigenvalue weighted by atomic mass is 10.1. The summed E-state index contributed by atoms with van der Waals surface area (Å²) in [4.78, 5) is 35.0. The van der Waals surface area contributed by atoms with Crippen molar-refractivity contribution in [3.63, 3.8) is 0 Å². The molecule has 1 saturated heterocycles. The van der Waals surface area contributed by atoms with Gasteiger partial charge in [0, 0.05) is 43.0 Å². The summed E-state index contributed by atoms with van der Waals surface area (Å²) in [6.07, 6.45) is 5.02. The van der Waals surface area contributed by atoms with E-state index < -0.39 is 11.8 Å². The fourth-order valence-electron chi connectivity index (χ4n) is 3.24. The van der Waals surface area contributed by atoms with Gasteiger partial charge in [-0.15, -0.1) is 0 Å². The highest BCUT2D eigenvalue weighted by atomic mass is 16.5. The maximum absolute atomic E-state index is 13.1. The highest BCUT2D eigenvalue weighted by Crippen LogP contribution is 2.28. The third-order valence-corrected chi connectivity index (χ3v) is 4.91. The smallest absolute Gasteiger partial charge is 0.347 e. The van der Waals surface area contributed by atoms with E-state index in [1.165, 1.54) is 0 Å². The number of hydrogen-bond acceptors (Lipinski definition) is 9. The van der Waals surface area contributed by atoms with Crippen LogP contribution in [0.1, 0.15) is 5.56 Å². The highest BCUT2D eigenvalue weighted by molar-refractivity contribution is 6.26. The van der Waals surface area contributed by atoms with Gasteiger partial charge < -0.3 is 24.1 Å². The first-order valence-electron chi connectivity index (χ1n) is 10.0. The van der Waals surface area contributed by atoms with Crippen LogP contribution < -0.4 is 5.43 Å². The Hall–Kier alpha value is -3.21. The Labute approximate surface area is 179 Å². The van der Waals surface area contributed by atoms with E-state index in [4.69, 9.17) is 14.2 Å². The third kappa shape index (κ3) is 4.76. The van der Waals surface area contributed by atoms with E-state index in [2.05, 4.69) is 15.4 Å². The number of carbonyl (C=O) groups is 2. The molecule has 0 atom stereocenters. The lowest BCUT2D eigenvalue weighted by Crippen LogP contribution is -2.45. The van der Waals surface area contributed by atoms with Crippen molar-refractivity contribution in [3.05, 3.63) is 47.3 Å². The van der Waals surface area contributed by atoms with Crippen LogP contribution in [-0.2, 0) is 23.8 Å². The van der Waals surface area contributed by atoms with Gasteiger partial charge in [0.15, 0.2) is 11.3 Å². The second kappa shape index (κ2) is 9.29. The number of morpholine rings is 1. The summed E-state index contributed by atoms with van der Waals surface area (Å²) in [6, 6.07) is 3.70. The molecule has 4 heterocycles. The molecule has 2 aromatic heterocycles. The first kappa shape index (κ1) is 21.0. The first-order valence-corrected chi connectivity index (χ1v) is 10.0. The lowest BCUT2D eigenvalue weighted by molar-refractivity contribution is -0.140. The summed E-state index contributed by atoms with van der Waals surface area (Å²) in [6.45, 7) is 2.99. The molecule has 2 N–H and O–H groups in total. The summed E-state index contributed by atoms with van der Waals surface area (Å²) >= 11 is 0. The molecule has 0 bridgehead atoms. The van der Waals surface area contributed by atoms with Crippen LogP contribution in [0, 0.1) is 0 Å². The molecule has 0 spiro atoms. The van der Waals surface area contributed by atoms with Crippen LogP contribution in [0.4, 0.5) is 0 Å². The van der Waals surface area contributed by atoms with Crippen LogP contribution in [0.5, 0.6) is 0 Å². The quantitative estimate of drug-likeness (QED) is 0.374. The van der Waals surface area contributed by atoms with Gasteiger partial charge in [0.2, 0.25) is 11.7 Å². The maximum Gasteiger partial charge on any atom is 0.347 e. The number of aromatic nitrogens is 2. The molecule has 10 heteroatoms. The van der Waals surface area contributed by atoms with Gasteiger partial charge in [0.05, 0.1) is 13.2 Å². The largest absolute Gasteiger partial charge is 0.460 e. The van der Waals surface area contributed by atoms with Crippen LogP contribution >= 0.6 is 0 Å². The molecule has 0 radical (unpaired) electrons. The Kier molecular flexibility index (Phi) is 6.31. The van der Waals surface area contributed by atoms with Crippen molar-refractivity contribution in [2.45, 2.75) is 0 Å². The van der Waals surface area contributed by atoms with Crippen molar-refractivity contribution in [2.75, 3.05) is 53.6 Å². The zero-order chi connectivity index (χ0) is 21.8. The minimum absolute atomic E-state index is 0.0417. The molecule has 0 amide bonds. The summed E-state index contributed by atoms with van der Waals surface area (Å²) in [5.41, 5.74) is 4.33. The van der Waals surface area contributed by atoms with Crippen LogP contribution in [-0.4, -0.2) is 85.2 Å². The molecule has 0 aliphatic carbocycles. The van der Waals surface area contributed by atoms with Gasteiger partial charge in [-0.1, -0.05) is 0 Å². The van der Waals surface area contributed by atoms with Gasteiger partial charge in [0.1, 0.15) is 12.3 Å². The minimum Gasteiger partial charge on any atom is -0.460 e. The number of likely N-dealkylation sites (N-methyl/N-ethyl adjacent to an activating group) is 1. The number of ether oxygens (including phenoxy) is 3. The van der Waals surface area contributed by atoms with Crippen LogP contribution in [0.2, 0.25) is 0 Å². The topological polar surface area (TPSA) is 109 Å². The van der Waals surface area contributed by atoms with Crippen LogP contribution in [0.25, 0.3) is 17.1 Å². The third-order valence-electron chi connectivity index (χ3n) is 4.91. The number of hydrogen-bond donors (Lipinski definition) is 2. The van der Waals surface area contributed by atoms with E-state index in [1.54, 1.807) is 18.5 Å². The number of nitrogens with one attached hydrogen (secondary N) is 2. The van der Waals surface area contributed by atoms with Crippen molar-refractivity contribution in [2.24, 2.45) is 0 Å². The maximum atomic E-state index is 13.1. The van der Waals surface area contributed by atoms with E-state index >= 15 is 0 Å². The van der Waals surface area contributed by atoms with Gasteiger partial charge >= 0.3 is 5.97 Å². The molecule has 2 aliphatic rings. The second-order valence-corrected chi connectivity index (χ2v) is 7.44. The molecule has 0 saturated carbocycles. The Bertz CT molecular complexity index is 1040. The number of Topliss-reactive ketones (excluding diaryl/α,β-unsaturated/α-hetero) is 1. The molecule has 0 aromatic carbocycles. The Morgan fingerprint density at radius 1 is 1.39 bits per heavy atom. The molecule has 4 rings (SSSR count). The summed E-state index contributed by atoms with van der Waals surface area (Å²) < 4.78 is 16.5. The van der Waals surface area contributed by atoms with Crippen LogP contribution in [0.3, 0.4) is 0 Å². The number of allylic oxidation sites excluding steroid dienone is 1. The molecular formula is C21H25N5O5. The number of pyridine rings is 1. The van der Waals surface area contributed by atoms with E-state index in [9.17, 15) is 9.59 Å². The fourth-order valence-corrected chi connectivity index (χ4v) is 3.24. The Balaban J connectivity index is 1.59. The summed E-state index contributed by atoms with van der Waals surface area (Å²) in [5.74, 6) is -1.12. The average Bonchev–Trinajstić information content (AvgIpc) is 3.30. The fraction of sp³-hybridized carbons (Fsp3) is 0.381. The number of fused-ring (bicyclic) bond motifs is 1. The number of rotatable bonds is 7. The summed E-state index contributed by atoms with van der Waals surface area (Å²) in [7, 11) is 3.75. The number of aromatic amines is 1. The van der Waals surface area contributed by atoms with Crippen molar-refractivity contribution in [3.8, 4) is 0 Å². The lowest BCUT2D eigenvalue weighted by Gasteiger charge is -2.27. The molecule has 2 aromatic rings. The van der Waals surface area contributed by atoms with Crippen LogP contribution in [0.15, 0.2) is 41.7 Å². The van der Waals surface area contributed by atoms with E-state index in [1.807, 2.05) is 36.1 Å². The number of esters is 1. The average molecular weight is 427 g/mol. The monoisotopic (exact) mass is 427 g/mol. The standard InChI is InChI=1S/C21H25N5O5/c1-25(2)6-11-30-21(28)17-18(27)16(31-20(17)24-26-7-9-29-10-8-26)12-14-13-23-19-15(14)4-3-5-22-19/h3-5,12-13,24H,6-11H2,1-2H3,(H,22,23)/b16-12-. The van der Waals surface area contributed by atoms with Gasteiger partial charge in [-0.25, -0.2) is 14.8 Å². The molecule has 0 unspecified atom stereocenters. The van der Waals surface area contributed by atoms with E-state index in [-0.39, 0.29) is 23.8 Å². The molecular weight excluding hydrogens is 402 g/mol. The highest BCUT2D eigenvalue weighted by Gasteiger charge is 2.38. The molecule has 164 valence electrons. The number of carbonyl (C=O) groups excluding carboxylic acids is 2. The molecule has 1 fully saturated rings. The predicted molar refractivity (Wildman–Crippen MR) is 112 cm³/mol. The normalized spacial score (nSPS) is 18.8. The molecule has 31 heavy (non-hydrogen) atoms. The van der Waals surface area contributed by atoms with Gasteiger partial charge in [-0.05, 0) is 32.3 Å². The zero-order valence-electron chi connectivity index (χ0n) is 17.5. The molecule has 10 nitrogen and oxygen atoms in total. The first-order chi connectivity index (χ1) is 15.0. The van der Waals surface area contributed by atoms with Crippen molar-refractivity contribution in [1.82, 2.24) is 25.3 Å². The SMILES string of the molecule is CN(C)CCOC(=O)C1=C(NN2CCOCC2)O/C(=C\c2c[nH]c3ncccc23)C1=O. The minimum atomic E-state index is -0.716. The second-order valence-electron chi connectivity index (χ2n) is 7.44. The van der Waals surface area contributed by atoms with Gasteiger partial charge in [0.25, 0.3) is 0 Å². The van der Waals surface area contributed by atoms with Crippen molar-refractivity contribution in [1.29, 1.82) is 0 Å². The zero-order valence-corrected chi connectivity index (χ0v) is 17.5. The predicted octanol–water partition coefficient (Wildman–Crippen LogP) is 0.656. The van der Waals surface area contributed by atoms with Crippen molar-refractivity contribution >= 4 is 28.9 Å². The Morgan fingerprint density at radius 3 is 2.97 bits per heavy atom. The van der Waals surface area contributed by atoms with Gasteiger partial charge in [-0.2, -0.15) is 0 Å². The van der Waals surface area contributed by atoms with Crippen molar-refractivity contribution < 1.29 is 23.8 Å².